The van der Waals surface area contributed by atoms with Crippen LogP contribution in [0.3, 0.4) is 0 Å². The number of anilines is 1. The number of hydrogen-bond acceptors (Lipinski definition) is 7. The fourth-order valence-electron chi connectivity index (χ4n) is 2.40. The van der Waals surface area contributed by atoms with Crippen LogP contribution in [0.2, 0.25) is 0 Å². The maximum absolute atomic E-state index is 12.5. The van der Waals surface area contributed by atoms with Gasteiger partial charge in [0, 0.05) is 22.7 Å². The standard InChI is InChI=1S/C21H20N2O5S/c1-14-22-17(13-29-14)11-27-18-8-6-15(7-9-18)21(25)23-16-4-3-5-19(10-16)28-12-20(24)26-2/h3-10,13H,11-12H2,1-2H3,(H,23,25). The fraction of sp³-hybridized carbons (Fsp3) is 0.190. The van der Waals surface area contributed by atoms with Crippen LogP contribution in [0, 0.1) is 6.92 Å². The van der Waals surface area contributed by atoms with Crippen LogP contribution in [0.15, 0.2) is 53.9 Å². The summed E-state index contributed by atoms with van der Waals surface area (Å²) >= 11 is 1.58. The zero-order valence-electron chi connectivity index (χ0n) is 16.0. The molecule has 29 heavy (non-hydrogen) atoms. The summed E-state index contributed by atoms with van der Waals surface area (Å²) in [5.74, 6) is 0.364. The monoisotopic (exact) mass is 412 g/mol. The molecule has 0 saturated carbocycles. The quantitative estimate of drug-likeness (QED) is 0.566. The van der Waals surface area contributed by atoms with Crippen molar-refractivity contribution in [3.05, 3.63) is 70.2 Å². The normalized spacial score (nSPS) is 10.3. The number of thiazole rings is 1. The molecule has 2 aromatic carbocycles. The van der Waals surface area contributed by atoms with Gasteiger partial charge < -0.3 is 19.5 Å². The molecule has 0 saturated heterocycles. The fourth-order valence-corrected chi connectivity index (χ4v) is 3.00. The Morgan fingerprint density at radius 2 is 1.86 bits per heavy atom. The number of benzene rings is 2. The van der Waals surface area contributed by atoms with E-state index in [-0.39, 0.29) is 12.5 Å². The van der Waals surface area contributed by atoms with Crippen LogP contribution in [-0.2, 0) is 16.1 Å². The predicted octanol–water partition coefficient (Wildman–Crippen LogP) is 3.83. The lowest BCUT2D eigenvalue weighted by molar-refractivity contribution is -0.142. The lowest BCUT2D eigenvalue weighted by Crippen LogP contribution is -2.13. The summed E-state index contributed by atoms with van der Waals surface area (Å²) in [5.41, 5.74) is 1.92. The summed E-state index contributed by atoms with van der Waals surface area (Å²) < 4.78 is 15.5. The first-order chi connectivity index (χ1) is 14.0. The van der Waals surface area contributed by atoms with E-state index in [4.69, 9.17) is 9.47 Å². The Labute approximate surface area is 172 Å². The van der Waals surface area contributed by atoms with Gasteiger partial charge in [0.05, 0.1) is 17.8 Å². The molecule has 0 unspecified atom stereocenters. The Morgan fingerprint density at radius 3 is 2.55 bits per heavy atom. The van der Waals surface area contributed by atoms with Crippen molar-refractivity contribution >= 4 is 28.9 Å². The minimum Gasteiger partial charge on any atom is -0.487 e. The van der Waals surface area contributed by atoms with Gasteiger partial charge in [-0.1, -0.05) is 6.07 Å². The Balaban J connectivity index is 1.55. The van der Waals surface area contributed by atoms with E-state index in [0.29, 0.717) is 29.4 Å². The first-order valence-electron chi connectivity index (χ1n) is 8.78. The molecule has 3 aromatic rings. The summed E-state index contributed by atoms with van der Waals surface area (Å²) in [5, 5.41) is 5.75. The lowest BCUT2D eigenvalue weighted by Gasteiger charge is -2.09. The van der Waals surface area contributed by atoms with E-state index in [0.717, 1.165) is 10.7 Å². The molecular weight excluding hydrogens is 392 g/mol. The molecule has 0 aliphatic heterocycles. The highest BCUT2D eigenvalue weighted by molar-refractivity contribution is 7.09. The molecule has 1 N–H and O–H groups in total. The van der Waals surface area contributed by atoms with Gasteiger partial charge in [-0.05, 0) is 43.3 Å². The van der Waals surface area contributed by atoms with Crippen LogP contribution in [0.4, 0.5) is 5.69 Å². The summed E-state index contributed by atoms with van der Waals surface area (Å²) in [7, 11) is 1.29. The molecule has 7 nitrogen and oxygen atoms in total. The first-order valence-corrected chi connectivity index (χ1v) is 9.66. The zero-order chi connectivity index (χ0) is 20.6. The Kier molecular flexibility index (Phi) is 6.80. The highest BCUT2D eigenvalue weighted by Crippen LogP contribution is 2.20. The summed E-state index contributed by atoms with van der Waals surface area (Å²) in [4.78, 5) is 28.0. The second-order valence-electron chi connectivity index (χ2n) is 6.02. The van der Waals surface area contributed by atoms with Crippen LogP contribution < -0.4 is 14.8 Å². The molecule has 1 amide bonds. The van der Waals surface area contributed by atoms with E-state index in [1.807, 2.05) is 12.3 Å². The maximum atomic E-state index is 12.5. The second-order valence-corrected chi connectivity index (χ2v) is 7.08. The number of aryl methyl sites for hydroxylation is 1. The third kappa shape index (κ3) is 6.05. The minimum absolute atomic E-state index is 0.199. The summed E-state index contributed by atoms with van der Waals surface area (Å²) in [6, 6.07) is 13.6. The maximum Gasteiger partial charge on any atom is 0.343 e. The lowest BCUT2D eigenvalue weighted by atomic mass is 10.2. The molecule has 150 valence electrons. The number of nitrogens with zero attached hydrogens (tertiary/aromatic N) is 1. The molecule has 3 rings (SSSR count). The number of aromatic nitrogens is 1. The third-order valence-electron chi connectivity index (χ3n) is 3.85. The smallest absolute Gasteiger partial charge is 0.343 e. The minimum atomic E-state index is -0.480. The van der Waals surface area contributed by atoms with Crippen molar-refractivity contribution in [2.24, 2.45) is 0 Å². The van der Waals surface area contributed by atoms with Crippen molar-refractivity contribution in [3.8, 4) is 11.5 Å². The number of ether oxygens (including phenoxy) is 3. The molecule has 0 radical (unpaired) electrons. The molecule has 0 atom stereocenters. The molecule has 0 fully saturated rings. The van der Waals surface area contributed by atoms with Gasteiger partial charge in [0.2, 0.25) is 0 Å². The molecule has 0 aliphatic carbocycles. The zero-order valence-corrected chi connectivity index (χ0v) is 16.8. The van der Waals surface area contributed by atoms with Gasteiger partial charge in [0.15, 0.2) is 6.61 Å². The Hall–Kier alpha value is -3.39. The van der Waals surface area contributed by atoms with Crippen molar-refractivity contribution < 1.29 is 23.8 Å². The van der Waals surface area contributed by atoms with Crippen molar-refractivity contribution in [3.63, 3.8) is 0 Å². The highest BCUT2D eigenvalue weighted by atomic mass is 32.1. The molecule has 1 aromatic heterocycles. The number of carbonyl (C=O) groups is 2. The Bertz CT molecular complexity index is 985. The largest absolute Gasteiger partial charge is 0.487 e. The highest BCUT2D eigenvalue weighted by Gasteiger charge is 2.08. The molecule has 0 spiro atoms. The van der Waals surface area contributed by atoms with Crippen LogP contribution in [0.25, 0.3) is 0 Å². The second kappa shape index (κ2) is 9.70. The summed E-state index contributed by atoms with van der Waals surface area (Å²) in [6.45, 7) is 2.13. The van der Waals surface area contributed by atoms with E-state index < -0.39 is 5.97 Å². The van der Waals surface area contributed by atoms with Gasteiger partial charge in [-0.15, -0.1) is 11.3 Å². The van der Waals surface area contributed by atoms with Crippen molar-refractivity contribution in [1.29, 1.82) is 0 Å². The molecular formula is C21H20N2O5S. The number of methoxy groups -OCH3 is 1. The third-order valence-corrected chi connectivity index (χ3v) is 4.67. The van der Waals surface area contributed by atoms with Gasteiger partial charge in [0.1, 0.15) is 18.1 Å². The van der Waals surface area contributed by atoms with Gasteiger partial charge in [0.25, 0.3) is 5.91 Å². The van der Waals surface area contributed by atoms with Crippen LogP contribution in [0.5, 0.6) is 11.5 Å². The van der Waals surface area contributed by atoms with Gasteiger partial charge in [-0.3, -0.25) is 4.79 Å². The number of hydrogen-bond donors (Lipinski definition) is 1. The van der Waals surface area contributed by atoms with E-state index in [9.17, 15) is 9.59 Å². The summed E-state index contributed by atoms with van der Waals surface area (Å²) in [6.07, 6.45) is 0. The number of nitrogens with one attached hydrogen (secondary N) is 1. The first kappa shape index (κ1) is 20.3. The van der Waals surface area contributed by atoms with Gasteiger partial charge in [-0.2, -0.15) is 0 Å². The van der Waals surface area contributed by atoms with Crippen LogP contribution in [-0.4, -0.2) is 30.6 Å². The van der Waals surface area contributed by atoms with Gasteiger partial charge >= 0.3 is 5.97 Å². The molecule has 0 aliphatic rings. The number of carbonyl (C=O) groups excluding carboxylic acids is 2. The van der Waals surface area contributed by atoms with Crippen molar-refractivity contribution in [2.75, 3.05) is 19.0 Å². The van der Waals surface area contributed by atoms with Crippen molar-refractivity contribution in [1.82, 2.24) is 4.98 Å². The van der Waals surface area contributed by atoms with E-state index >= 15 is 0 Å². The predicted molar refractivity (Wildman–Crippen MR) is 110 cm³/mol. The number of amides is 1. The van der Waals surface area contributed by atoms with Gasteiger partial charge in [-0.25, -0.2) is 9.78 Å². The number of rotatable bonds is 8. The molecule has 8 heteroatoms. The number of esters is 1. The van der Waals surface area contributed by atoms with Crippen LogP contribution >= 0.6 is 11.3 Å². The average molecular weight is 412 g/mol. The van der Waals surface area contributed by atoms with E-state index in [1.54, 1.807) is 59.9 Å². The van der Waals surface area contributed by atoms with E-state index in [1.165, 1.54) is 7.11 Å². The Morgan fingerprint density at radius 1 is 1.07 bits per heavy atom. The van der Waals surface area contributed by atoms with Crippen molar-refractivity contribution in [2.45, 2.75) is 13.5 Å². The molecule has 0 bridgehead atoms. The van der Waals surface area contributed by atoms with E-state index in [2.05, 4.69) is 15.0 Å². The average Bonchev–Trinajstić information content (AvgIpc) is 3.16. The molecule has 1 heterocycles. The topological polar surface area (TPSA) is 86.8 Å². The van der Waals surface area contributed by atoms with Crippen LogP contribution in [0.1, 0.15) is 21.1 Å². The SMILES string of the molecule is COC(=O)COc1cccc(NC(=O)c2ccc(OCc3csc(C)n3)cc2)c1.